The molecule has 1 aromatic heterocycles. The van der Waals surface area contributed by atoms with Gasteiger partial charge in [-0.25, -0.2) is 8.42 Å². The van der Waals surface area contributed by atoms with Crippen molar-refractivity contribution >= 4 is 44.1 Å². The lowest BCUT2D eigenvalue weighted by molar-refractivity contribution is -0.138. The van der Waals surface area contributed by atoms with E-state index in [1.54, 1.807) is 24.3 Å². The minimum Gasteiger partial charge on any atom is -0.481 e. The summed E-state index contributed by atoms with van der Waals surface area (Å²) in [7, 11) is -3.64. The first-order valence-electron chi connectivity index (χ1n) is 7.99. The molecule has 6 nitrogen and oxygen atoms in total. The van der Waals surface area contributed by atoms with Gasteiger partial charge in [-0.15, -0.1) is 0 Å². The minimum absolute atomic E-state index is 0.0171. The van der Waals surface area contributed by atoms with Crippen molar-refractivity contribution in [3.8, 4) is 0 Å². The lowest BCUT2D eigenvalue weighted by atomic mass is 9.94. The first-order chi connectivity index (χ1) is 12.6. The van der Waals surface area contributed by atoms with Gasteiger partial charge in [0.25, 0.3) is 0 Å². The van der Waals surface area contributed by atoms with E-state index in [0.29, 0.717) is 21.5 Å². The fourth-order valence-electron chi connectivity index (χ4n) is 3.06. The smallest absolute Gasteiger partial charge is 0.310 e. The van der Waals surface area contributed by atoms with Gasteiger partial charge in [-0.1, -0.05) is 29.8 Å². The normalized spacial score (nSPS) is 12.9. The second-order valence-corrected chi connectivity index (χ2v) is 8.68. The Kier molecular flexibility index (Phi) is 4.84. The second kappa shape index (κ2) is 6.83. The number of hydrogen-bond acceptors (Lipinski definition) is 4. The zero-order chi connectivity index (χ0) is 19.9. The van der Waals surface area contributed by atoms with Crippen LogP contribution in [0.5, 0.6) is 0 Å². The molecule has 140 valence electrons. The van der Waals surface area contributed by atoms with Gasteiger partial charge in [0, 0.05) is 33.3 Å². The predicted molar refractivity (Wildman–Crippen MR) is 102 cm³/mol. The number of carboxylic acid groups (broad SMARTS) is 1. The van der Waals surface area contributed by atoms with Crippen LogP contribution in [0.4, 0.5) is 0 Å². The summed E-state index contributed by atoms with van der Waals surface area (Å²) in [5.74, 6) is -2.67. The van der Waals surface area contributed by atoms with Gasteiger partial charge in [-0.3, -0.25) is 9.59 Å². The molecular weight excluding hydrogens is 390 g/mol. The van der Waals surface area contributed by atoms with Gasteiger partial charge in [0.15, 0.2) is 9.84 Å². The number of halogens is 1. The fraction of sp³-hybridized carbons (Fsp3) is 0.158. The highest BCUT2D eigenvalue weighted by molar-refractivity contribution is 7.90. The van der Waals surface area contributed by atoms with Crippen LogP contribution < -0.4 is 0 Å². The van der Waals surface area contributed by atoms with Crippen LogP contribution in [0.3, 0.4) is 0 Å². The summed E-state index contributed by atoms with van der Waals surface area (Å²) in [6, 6.07) is 10.7. The Morgan fingerprint density at radius 1 is 1.15 bits per heavy atom. The molecule has 3 aromatic rings. The molecule has 1 heterocycles. The number of aromatic nitrogens is 1. The Morgan fingerprint density at radius 3 is 2.44 bits per heavy atom. The van der Waals surface area contributed by atoms with E-state index in [1.807, 2.05) is 0 Å². The van der Waals surface area contributed by atoms with Crippen LogP contribution >= 0.6 is 11.6 Å². The third-order valence-electron chi connectivity index (χ3n) is 4.36. The van der Waals surface area contributed by atoms with Gasteiger partial charge in [0.1, 0.15) is 0 Å². The number of sulfone groups is 1. The molecule has 0 aliphatic rings. The van der Waals surface area contributed by atoms with E-state index < -0.39 is 27.5 Å². The molecule has 0 fully saturated rings. The molecule has 8 heteroatoms. The highest BCUT2D eigenvalue weighted by Gasteiger charge is 2.29. The number of carboxylic acids is 1. The molecule has 0 aliphatic carbocycles. The number of benzene rings is 2. The zero-order valence-corrected chi connectivity index (χ0v) is 16.1. The highest BCUT2D eigenvalue weighted by Crippen LogP contribution is 2.33. The molecule has 2 aromatic carbocycles. The third-order valence-corrected chi connectivity index (χ3v) is 5.75. The molecule has 0 saturated heterocycles. The summed E-state index contributed by atoms with van der Waals surface area (Å²) in [6.45, 7) is 1.47. The number of carbonyl (C=O) groups excluding carboxylic acids is 1. The number of hydrogen-bond donors (Lipinski definition) is 2. The maximum absolute atomic E-state index is 13.2. The number of fused-ring (bicyclic) bond motifs is 1. The second-order valence-electron chi connectivity index (χ2n) is 6.26. The van der Waals surface area contributed by atoms with Gasteiger partial charge < -0.3 is 10.1 Å². The average Bonchev–Trinajstić information content (AvgIpc) is 2.97. The quantitative estimate of drug-likeness (QED) is 0.630. The highest BCUT2D eigenvalue weighted by atomic mass is 35.5. The Bertz CT molecular complexity index is 1180. The topological polar surface area (TPSA) is 104 Å². The predicted octanol–water partition coefficient (Wildman–Crippen LogP) is 3.64. The van der Waals surface area contributed by atoms with Crippen LogP contribution in [0.25, 0.3) is 10.9 Å². The van der Waals surface area contributed by atoms with E-state index >= 15 is 0 Å². The number of aromatic amines is 1. The van der Waals surface area contributed by atoms with Crippen molar-refractivity contribution in [1.82, 2.24) is 4.98 Å². The third kappa shape index (κ3) is 3.48. The lowest BCUT2D eigenvalue weighted by Gasteiger charge is -2.11. The maximum atomic E-state index is 13.2. The van der Waals surface area contributed by atoms with Crippen LogP contribution in [0, 0.1) is 0 Å². The van der Waals surface area contributed by atoms with Crippen molar-refractivity contribution in [3.05, 3.63) is 64.3 Å². The van der Waals surface area contributed by atoms with E-state index in [1.165, 1.54) is 25.1 Å². The van der Waals surface area contributed by atoms with Crippen molar-refractivity contribution in [2.45, 2.75) is 17.7 Å². The molecule has 0 amide bonds. The van der Waals surface area contributed by atoms with Crippen molar-refractivity contribution in [1.29, 1.82) is 0 Å². The lowest BCUT2D eigenvalue weighted by Crippen LogP contribution is -2.15. The first-order valence-corrected chi connectivity index (χ1v) is 10.3. The molecule has 0 bridgehead atoms. The Balaban J connectivity index is 2.30. The molecule has 1 atom stereocenters. The van der Waals surface area contributed by atoms with E-state index in [2.05, 4.69) is 4.98 Å². The minimum atomic E-state index is -3.64. The van der Waals surface area contributed by atoms with Crippen LogP contribution in [0.2, 0.25) is 5.02 Å². The number of H-pyrrole nitrogens is 1. The Hall–Kier alpha value is -2.64. The molecule has 0 spiro atoms. The van der Waals surface area contributed by atoms with Gasteiger partial charge in [0.2, 0.25) is 5.78 Å². The van der Waals surface area contributed by atoms with E-state index in [4.69, 9.17) is 11.6 Å². The monoisotopic (exact) mass is 405 g/mol. The maximum Gasteiger partial charge on any atom is 0.310 e. The van der Waals surface area contributed by atoms with Crippen molar-refractivity contribution in [2.24, 2.45) is 0 Å². The summed E-state index contributed by atoms with van der Waals surface area (Å²) in [5.41, 5.74) is 0.822. The summed E-state index contributed by atoms with van der Waals surface area (Å²) >= 11 is 6.00. The van der Waals surface area contributed by atoms with Crippen LogP contribution in [-0.4, -0.2) is 36.5 Å². The Labute approximate surface area is 160 Å². The van der Waals surface area contributed by atoms with Crippen LogP contribution in [-0.2, 0) is 14.6 Å². The Morgan fingerprint density at radius 2 is 1.81 bits per heavy atom. The number of nitrogens with one attached hydrogen (secondary N) is 1. The first kappa shape index (κ1) is 19.1. The summed E-state index contributed by atoms with van der Waals surface area (Å²) in [6.07, 6.45) is 1.02. The summed E-state index contributed by atoms with van der Waals surface area (Å²) in [5, 5.41) is 10.5. The van der Waals surface area contributed by atoms with E-state index in [-0.39, 0.29) is 16.2 Å². The van der Waals surface area contributed by atoms with Crippen LogP contribution in [0.15, 0.2) is 47.4 Å². The van der Waals surface area contributed by atoms with Gasteiger partial charge in [-0.05, 0) is 31.2 Å². The molecular formula is C19H16ClNO5S. The van der Waals surface area contributed by atoms with Gasteiger partial charge >= 0.3 is 5.97 Å². The van der Waals surface area contributed by atoms with E-state index in [9.17, 15) is 23.1 Å². The standard InChI is InChI=1S/C19H16ClNO5S/c1-10(19(23)24)16-12-8-7-11(20)9-14(12)21-17(16)18(22)13-5-3-4-6-15(13)27(2,25)26/h3-10,21H,1-2H3,(H,23,24). The largest absolute Gasteiger partial charge is 0.481 e. The molecule has 0 aliphatic heterocycles. The van der Waals surface area contributed by atoms with Crippen molar-refractivity contribution in [3.63, 3.8) is 0 Å². The van der Waals surface area contributed by atoms with Crippen molar-refractivity contribution < 1.29 is 23.1 Å². The molecule has 27 heavy (non-hydrogen) atoms. The molecule has 1 unspecified atom stereocenters. The van der Waals surface area contributed by atoms with Crippen LogP contribution in [0.1, 0.15) is 34.5 Å². The average molecular weight is 406 g/mol. The summed E-state index contributed by atoms with van der Waals surface area (Å²) < 4.78 is 24.1. The van der Waals surface area contributed by atoms with Gasteiger partial charge in [-0.2, -0.15) is 0 Å². The fourth-order valence-corrected chi connectivity index (χ4v) is 4.11. The number of aliphatic carboxylic acids is 1. The SMILES string of the molecule is CC(C(=O)O)c1c(C(=O)c2ccccc2S(C)(=O)=O)[nH]c2cc(Cl)ccc12. The number of carbonyl (C=O) groups is 2. The molecule has 0 saturated carbocycles. The number of rotatable bonds is 5. The summed E-state index contributed by atoms with van der Waals surface area (Å²) in [4.78, 5) is 27.6. The molecule has 2 N–H and O–H groups in total. The van der Waals surface area contributed by atoms with E-state index in [0.717, 1.165) is 6.26 Å². The van der Waals surface area contributed by atoms with Gasteiger partial charge in [0.05, 0.1) is 16.5 Å². The number of ketones is 1. The zero-order valence-electron chi connectivity index (χ0n) is 14.5. The van der Waals surface area contributed by atoms with Crippen molar-refractivity contribution in [2.75, 3.05) is 6.26 Å². The molecule has 0 radical (unpaired) electrons. The molecule has 3 rings (SSSR count).